The Kier molecular flexibility index (Phi) is 5.28. The van der Waals surface area contributed by atoms with E-state index in [-0.39, 0.29) is 23.7 Å². The molecule has 0 aromatic heterocycles. The second-order valence-corrected chi connectivity index (χ2v) is 4.77. The van der Waals surface area contributed by atoms with E-state index >= 15 is 0 Å². The van der Waals surface area contributed by atoms with Crippen molar-refractivity contribution in [1.29, 1.82) is 0 Å². The summed E-state index contributed by atoms with van der Waals surface area (Å²) in [7, 11) is 0. The molecule has 1 rings (SSSR count). The molecule has 1 aromatic carbocycles. The number of rotatable bonds is 6. The minimum absolute atomic E-state index is 0.0623. The maximum absolute atomic E-state index is 13.4. The Morgan fingerprint density at radius 2 is 2.11 bits per heavy atom. The molecule has 0 fully saturated rings. The number of carbonyl (C=O) groups excluding carboxylic acids is 1. The molecular weight excluding hydrogens is 231 g/mol. The minimum atomic E-state index is -0.343. The van der Waals surface area contributed by atoms with E-state index in [1.165, 1.54) is 6.07 Å². The lowest BCUT2D eigenvalue weighted by Crippen LogP contribution is -2.47. The maximum atomic E-state index is 13.4. The van der Waals surface area contributed by atoms with Gasteiger partial charge in [-0.2, -0.15) is 0 Å². The second-order valence-electron chi connectivity index (χ2n) is 4.77. The molecule has 0 aliphatic carbocycles. The highest BCUT2D eigenvalue weighted by Crippen LogP contribution is 2.14. The van der Waals surface area contributed by atoms with Crippen LogP contribution in [0, 0.1) is 5.82 Å². The zero-order chi connectivity index (χ0) is 13.6. The molecule has 1 unspecified atom stereocenters. The molecule has 100 valence electrons. The normalized spacial score (nSPS) is 14.0. The zero-order valence-corrected chi connectivity index (χ0v) is 11.0. The zero-order valence-electron chi connectivity index (χ0n) is 11.0. The molecule has 0 heterocycles. The number of nitrogens with two attached hydrogens (primary N) is 1. The average Bonchev–Trinajstić information content (AvgIpc) is 2.32. The van der Waals surface area contributed by atoms with Crippen molar-refractivity contribution in [3.05, 3.63) is 35.6 Å². The van der Waals surface area contributed by atoms with E-state index in [0.29, 0.717) is 18.5 Å². The number of amides is 1. The van der Waals surface area contributed by atoms with Crippen molar-refractivity contribution in [2.75, 3.05) is 6.54 Å². The molecule has 0 saturated heterocycles. The van der Waals surface area contributed by atoms with Crippen LogP contribution in [0.2, 0.25) is 0 Å². The van der Waals surface area contributed by atoms with E-state index in [9.17, 15) is 9.18 Å². The van der Waals surface area contributed by atoms with Gasteiger partial charge in [0.2, 0.25) is 5.91 Å². The summed E-state index contributed by atoms with van der Waals surface area (Å²) in [5.74, 6) is -0.512. The van der Waals surface area contributed by atoms with Crippen molar-refractivity contribution in [1.82, 2.24) is 5.32 Å². The lowest BCUT2D eigenvalue weighted by Gasteiger charge is -2.29. The van der Waals surface area contributed by atoms with Gasteiger partial charge in [0.15, 0.2) is 0 Å². The smallest absolute Gasteiger partial charge is 0.224 e. The Balaban J connectivity index is 2.64. The van der Waals surface area contributed by atoms with Gasteiger partial charge in [-0.1, -0.05) is 25.1 Å². The van der Waals surface area contributed by atoms with Crippen molar-refractivity contribution in [3.8, 4) is 0 Å². The van der Waals surface area contributed by atoms with Crippen LogP contribution in [0.1, 0.15) is 32.3 Å². The highest BCUT2D eigenvalue weighted by molar-refractivity contribution is 5.79. The van der Waals surface area contributed by atoms with Gasteiger partial charge in [-0.25, -0.2) is 4.39 Å². The lowest BCUT2D eigenvalue weighted by molar-refractivity contribution is -0.122. The van der Waals surface area contributed by atoms with Gasteiger partial charge in [0, 0.05) is 5.54 Å². The first-order valence-electron chi connectivity index (χ1n) is 6.25. The van der Waals surface area contributed by atoms with E-state index in [1.54, 1.807) is 18.2 Å². The summed E-state index contributed by atoms with van der Waals surface area (Å²) < 4.78 is 13.4. The Morgan fingerprint density at radius 1 is 1.44 bits per heavy atom. The first-order valence-corrected chi connectivity index (χ1v) is 6.25. The molecule has 1 aromatic rings. The summed E-state index contributed by atoms with van der Waals surface area (Å²) in [5.41, 5.74) is 5.64. The Labute approximate surface area is 108 Å². The second kappa shape index (κ2) is 6.50. The number of benzene rings is 1. The predicted octanol–water partition coefficient (Wildman–Crippen LogP) is 2.00. The van der Waals surface area contributed by atoms with Gasteiger partial charge < -0.3 is 11.1 Å². The van der Waals surface area contributed by atoms with Crippen molar-refractivity contribution in [3.63, 3.8) is 0 Å². The van der Waals surface area contributed by atoms with Crippen LogP contribution in [0.15, 0.2) is 24.3 Å². The molecule has 1 atom stereocenters. The van der Waals surface area contributed by atoms with Crippen LogP contribution < -0.4 is 11.1 Å². The molecule has 0 spiro atoms. The van der Waals surface area contributed by atoms with Gasteiger partial charge in [-0.05, 0) is 37.9 Å². The molecule has 4 heteroatoms. The van der Waals surface area contributed by atoms with Gasteiger partial charge in [-0.15, -0.1) is 0 Å². The van der Waals surface area contributed by atoms with Gasteiger partial charge >= 0.3 is 0 Å². The number of hydrogen-bond donors (Lipinski definition) is 2. The highest BCUT2D eigenvalue weighted by atomic mass is 19.1. The standard InChI is InChI=1S/C14H21FN2O/c1-3-14(2,8-9-16)17-13(18)10-11-6-4-5-7-12(11)15/h4-7H,3,8-10,16H2,1-2H3,(H,17,18). The van der Waals surface area contributed by atoms with Gasteiger partial charge in [0.1, 0.15) is 5.82 Å². The lowest BCUT2D eigenvalue weighted by atomic mass is 9.94. The predicted molar refractivity (Wildman–Crippen MR) is 70.6 cm³/mol. The maximum Gasteiger partial charge on any atom is 0.224 e. The average molecular weight is 252 g/mol. The van der Waals surface area contributed by atoms with Crippen LogP contribution in [0.25, 0.3) is 0 Å². The Bertz CT molecular complexity index is 409. The topological polar surface area (TPSA) is 55.1 Å². The molecule has 18 heavy (non-hydrogen) atoms. The molecule has 0 radical (unpaired) electrons. The van der Waals surface area contributed by atoms with Crippen molar-refractivity contribution in [2.45, 2.75) is 38.6 Å². The Morgan fingerprint density at radius 3 is 2.67 bits per heavy atom. The van der Waals surface area contributed by atoms with Crippen LogP contribution in [-0.2, 0) is 11.2 Å². The van der Waals surface area contributed by atoms with E-state index in [2.05, 4.69) is 5.32 Å². The molecule has 0 bridgehead atoms. The monoisotopic (exact) mass is 252 g/mol. The number of hydrogen-bond acceptors (Lipinski definition) is 2. The summed E-state index contributed by atoms with van der Waals surface area (Å²) in [4.78, 5) is 11.9. The van der Waals surface area contributed by atoms with Crippen LogP contribution in [-0.4, -0.2) is 18.0 Å². The van der Waals surface area contributed by atoms with Crippen LogP contribution in [0.5, 0.6) is 0 Å². The molecule has 1 amide bonds. The molecule has 3 N–H and O–H groups in total. The first-order chi connectivity index (χ1) is 8.50. The summed E-state index contributed by atoms with van der Waals surface area (Å²) in [6.45, 7) is 4.47. The van der Waals surface area contributed by atoms with Crippen molar-refractivity contribution >= 4 is 5.91 Å². The largest absolute Gasteiger partial charge is 0.351 e. The van der Waals surface area contributed by atoms with Crippen LogP contribution >= 0.6 is 0 Å². The molecule has 3 nitrogen and oxygen atoms in total. The third kappa shape index (κ3) is 4.11. The van der Waals surface area contributed by atoms with E-state index in [1.807, 2.05) is 13.8 Å². The summed E-state index contributed by atoms with van der Waals surface area (Å²) in [6.07, 6.45) is 1.58. The first kappa shape index (κ1) is 14.6. The van der Waals surface area contributed by atoms with Crippen LogP contribution in [0.3, 0.4) is 0 Å². The summed E-state index contributed by atoms with van der Waals surface area (Å²) in [5, 5.41) is 2.93. The fourth-order valence-corrected chi connectivity index (χ4v) is 1.84. The minimum Gasteiger partial charge on any atom is -0.351 e. The summed E-state index contributed by atoms with van der Waals surface area (Å²) >= 11 is 0. The number of carbonyl (C=O) groups is 1. The van der Waals surface area contributed by atoms with Gasteiger partial charge in [0.25, 0.3) is 0 Å². The fraction of sp³-hybridized carbons (Fsp3) is 0.500. The molecule has 0 aliphatic rings. The third-order valence-electron chi connectivity index (χ3n) is 3.23. The number of nitrogens with one attached hydrogen (secondary N) is 1. The quantitative estimate of drug-likeness (QED) is 0.813. The molecular formula is C14H21FN2O. The van der Waals surface area contributed by atoms with Crippen molar-refractivity contribution in [2.24, 2.45) is 5.73 Å². The van der Waals surface area contributed by atoms with Gasteiger partial charge in [-0.3, -0.25) is 4.79 Å². The third-order valence-corrected chi connectivity index (χ3v) is 3.23. The van der Waals surface area contributed by atoms with E-state index in [4.69, 9.17) is 5.73 Å². The Hall–Kier alpha value is -1.42. The highest BCUT2D eigenvalue weighted by Gasteiger charge is 2.23. The van der Waals surface area contributed by atoms with E-state index in [0.717, 1.165) is 6.42 Å². The van der Waals surface area contributed by atoms with Crippen molar-refractivity contribution < 1.29 is 9.18 Å². The molecule has 0 saturated carbocycles. The summed E-state index contributed by atoms with van der Waals surface area (Å²) in [6, 6.07) is 6.33. The molecule has 0 aliphatic heterocycles. The van der Waals surface area contributed by atoms with Crippen LogP contribution in [0.4, 0.5) is 4.39 Å². The fourth-order valence-electron chi connectivity index (χ4n) is 1.84. The number of halogens is 1. The van der Waals surface area contributed by atoms with E-state index < -0.39 is 0 Å². The van der Waals surface area contributed by atoms with Gasteiger partial charge in [0.05, 0.1) is 6.42 Å². The SMILES string of the molecule is CCC(C)(CCN)NC(=O)Cc1ccccc1F.